The van der Waals surface area contributed by atoms with Crippen molar-refractivity contribution in [2.45, 2.75) is 33.2 Å². The van der Waals surface area contributed by atoms with Crippen molar-refractivity contribution < 1.29 is 0 Å². The fraction of sp³-hybridized carbons (Fsp3) is 0.429. The molecule has 0 bridgehead atoms. The minimum atomic E-state index is 0.214. The van der Waals surface area contributed by atoms with Crippen molar-refractivity contribution in [2.75, 3.05) is 6.54 Å². The molecule has 18 heavy (non-hydrogen) atoms. The number of pyridine rings is 1. The van der Waals surface area contributed by atoms with Crippen LogP contribution in [0, 0.1) is 13.8 Å². The second-order valence-electron chi connectivity index (χ2n) is 4.42. The summed E-state index contributed by atoms with van der Waals surface area (Å²) in [6.07, 6.45) is 4.92. The van der Waals surface area contributed by atoms with Crippen LogP contribution in [0.3, 0.4) is 0 Å². The molecule has 0 aromatic carbocycles. The summed E-state index contributed by atoms with van der Waals surface area (Å²) in [5.74, 6) is 0. The molecule has 0 fully saturated rings. The van der Waals surface area contributed by atoms with E-state index in [0.717, 1.165) is 18.7 Å². The Morgan fingerprint density at radius 2 is 2.22 bits per heavy atom. The molecule has 0 saturated heterocycles. The van der Waals surface area contributed by atoms with Gasteiger partial charge in [0.05, 0.1) is 17.2 Å². The Balaban J connectivity index is 2.37. The number of nitrogens with one attached hydrogen (secondary N) is 1. The molecular formula is C14H19N3S. The van der Waals surface area contributed by atoms with Gasteiger partial charge in [0, 0.05) is 17.3 Å². The maximum Gasteiger partial charge on any atom is 0.0798 e. The second kappa shape index (κ2) is 6.07. The summed E-state index contributed by atoms with van der Waals surface area (Å²) in [7, 11) is 0. The monoisotopic (exact) mass is 261 g/mol. The molecular weight excluding hydrogens is 242 g/mol. The number of hydrogen-bond acceptors (Lipinski definition) is 4. The van der Waals surface area contributed by atoms with E-state index in [0.29, 0.717) is 0 Å². The van der Waals surface area contributed by atoms with Crippen molar-refractivity contribution in [2.24, 2.45) is 0 Å². The first-order valence-electron chi connectivity index (χ1n) is 6.28. The molecule has 0 amide bonds. The van der Waals surface area contributed by atoms with Crippen molar-refractivity contribution in [3.05, 3.63) is 45.7 Å². The van der Waals surface area contributed by atoms with Gasteiger partial charge in [0.25, 0.3) is 0 Å². The van der Waals surface area contributed by atoms with E-state index in [1.165, 1.54) is 16.0 Å². The number of nitrogens with zero attached hydrogens (tertiary/aromatic N) is 2. The molecule has 1 unspecified atom stereocenters. The molecule has 0 aliphatic rings. The van der Waals surface area contributed by atoms with Crippen molar-refractivity contribution in [1.29, 1.82) is 0 Å². The summed E-state index contributed by atoms with van der Waals surface area (Å²) in [6, 6.07) is 2.28. The summed E-state index contributed by atoms with van der Waals surface area (Å²) in [5, 5.41) is 3.60. The van der Waals surface area contributed by atoms with Crippen molar-refractivity contribution in [3.8, 4) is 0 Å². The quantitative estimate of drug-likeness (QED) is 0.898. The number of aryl methyl sites for hydroxylation is 2. The molecule has 96 valence electrons. The third kappa shape index (κ3) is 2.76. The third-order valence-corrected chi connectivity index (χ3v) is 4.03. The zero-order valence-electron chi connectivity index (χ0n) is 11.1. The van der Waals surface area contributed by atoms with E-state index >= 15 is 0 Å². The predicted molar refractivity (Wildman–Crippen MR) is 76.0 cm³/mol. The molecule has 1 N–H and O–H groups in total. The minimum Gasteiger partial charge on any atom is -0.305 e. The van der Waals surface area contributed by atoms with Gasteiger partial charge in [0.2, 0.25) is 0 Å². The van der Waals surface area contributed by atoms with Crippen molar-refractivity contribution in [1.82, 2.24) is 15.3 Å². The van der Waals surface area contributed by atoms with E-state index in [1.807, 2.05) is 17.9 Å². The first kappa shape index (κ1) is 13.2. The molecule has 2 aromatic rings. The summed E-state index contributed by atoms with van der Waals surface area (Å²) in [5.41, 5.74) is 5.54. The molecule has 2 rings (SSSR count). The highest BCUT2D eigenvalue weighted by Gasteiger charge is 2.19. The highest BCUT2D eigenvalue weighted by molar-refractivity contribution is 7.09. The Hall–Kier alpha value is -1.26. The van der Waals surface area contributed by atoms with E-state index in [4.69, 9.17) is 0 Å². The Bertz CT molecular complexity index is 507. The van der Waals surface area contributed by atoms with Crippen LogP contribution < -0.4 is 5.32 Å². The Morgan fingerprint density at radius 3 is 2.83 bits per heavy atom. The SMILES string of the molecule is CCCNC(c1cnccc1C)c1scnc1C. The predicted octanol–water partition coefficient (Wildman–Crippen LogP) is 3.24. The Kier molecular flexibility index (Phi) is 4.44. The highest BCUT2D eigenvalue weighted by atomic mass is 32.1. The highest BCUT2D eigenvalue weighted by Crippen LogP contribution is 2.29. The van der Waals surface area contributed by atoms with E-state index in [-0.39, 0.29) is 6.04 Å². The molecule has 0 aliphatic carbocycles. The zero-order valence-corrected chi connectivity index (χ0v) is 11.9. The van der Waals surface area contributed by atoms with Crippen LogP contribution in [0.15, 0.2) is 24.0 Å². The fourth-order valence-electron chi connectivity index (χ4n) is 2.00. The Morgan fingerprint density at radius 1 is 1.39 bits per heavy atom. The van der Waals surface area contributed by atoms with E-state index < -0.39 is 0 Å². The molecule has 2 heterocycles. The van der Waals surface area contributed by atoms with Crippen LogP contribution >= 0.6 is 11.3 Å². The van der Waals surface area contributed by atoms with Crippen LogP contribution in [0.5, 0.6) is 0 Å². The van der Waals surface area contributed by atoms with Gasteiger partial charge in [-0.2, -0.15) is 0 Å². The summed E-state index contributed by atoms with van der Waals surface area (Å²) < 4.78 is 0. The van der Waals surface area contributed by atoms with E-state index in [1.54, 1.807) is 11.3 Å². The summed E-state index contributed by atoms with van der Waals surface area (Å²) in [4.78, 5) is 9.91. The van der Waals surface area contributed by atoms with Gasteiger partial charge < -0.3 is 5.32 Å². The largest absolute Gasteiger partial charge is 0.305 e. The van der Waals surface area contributed by atoms with Crippen LogP contribution in [0.2, 0.25) is 0 Å². The van der Waals surface area contributed by atoms with Gasteiger partial charge in [0.15, 0.2) is 0 Å². The van der Waals surface area contributed by atoms with E-state index in [2.05, 4.69) is 42.1 Å². The molecule has 0 saturated carbocycles. The van der Waals surface area contributed by atoms with Gasteiger partial charge >= 0.3 is 0 Å². The summed E-state index contributed by atoms with van der Waals surface area (Å²) >= 11 is 1.71. The van der Waals surface area contributed by atoms with Gasteiger partial charge in [-0.1, -0.05) is 6.92 Å². The van der Waals surface area contributed by atoms with E-state index in [9.17, 15) is 0 Å². The maximum absolute atomic E-state index is 4.36. The van der Waals surface area contributed by atoms with Crippen LogP contribution in [-0.2, 0) is 0 Å². The molecule has 2 aromatic heterocycles. The third-order valence-electron chi connectivity index (χ3n) is 3.03. The fourth-order valence-corrected chi connectivity index (χ4v) is 2.89. The zero-order chi connectivity index (χ0) is 13.0. The lowest BCUT2D eigenvalue weighted by atomic mass is 10.0. The van der Waals surface area contributed by atoms with Crippen molar-refractivity contribution >= 4 is 11.3 Å². The van der Waals surface area contributed by atoms with Crippen molar-refractivity contribution in [3.63, 3.8) is 0 Å². The lowest BCUT2D eigenvalue weighted by Gasteiger charge is -2.19. The average Bonchev–Trinajstić information content (AvgIpc) is 2.78. The van der Waals surface area contributed by atoms with Gasteiger partial charge in [-0.15, -0.1) is 11.3 Å². The number of thiazole rings is 1. The minimum absolute atomic E-state index is 0.214. The number of aromatic nitrogens is 2. The molecule has 4 heteroatoms. The lowest BCUT2D eigenvalue weighted by molar-refractivity contribution is 0.599. The molecule has 1 atom stereocenters. The standard InChI is InChI=1S/C14H19N3S/c1-4-6-16-13(14-11(3)17-9-18-14)12-8-15-7-5-10(12)2/h5,7-9,13,16H,4,6H2,1-3H3. The van der Waals surface area contributed by atoms with Crippen LogP contribution in [0.1, 0.15) is 41.1 Å². The first-order valence-corrected chi connectivity index (χ1v) is 7.16. The topological polar surface area (TPSA) is 37.8 Å². The number of rotatable bonds is 5. The second-order valence-corrected chi connectivity index (χ2v) is 5.31. The van der Waals surface area contributed by atoms with Gasteiger partial charge in [-0.3, -0.25) is 4.98 Å². The van der Waals surface area contributed by atoms with Gasteiger partial charge in [0.1, 0.15) is 0 Å². The number of hydrogen-bond donors (Lipinski definition) is 1. The average molecular weight is 261 g/mol. The molecule has 0 radical (unpaired) electrons. The molecule has 0 spiro atoms. The molecule has 3 nitrogen and oxygen atoms in total. The molecule has 0 aliphatic heterocycles. The smallest absolute Gasteiger partial charge is 0.0798 e. The van der Waals surface area contributed by atoms with Crippen LogP contribution in [0.4, 0.5) is 0 Å². The first-order chi connectivity index (χ1) is 8.74. The maximum atomic E-state index is 4.36. The van der Waals surface area contributed by atoms with Crippen LogP contribution in [0.25, 0.3) is 0 Å². The Labute approximate surface area is 112 Å². The normalized spacial score (nSPS) is 12.6. The van der Waals surface area contributed by atoms with Gasteiger partial charge in [-0.25, -0.2) is 4.98 Å². The van der Waals surface area contributed by atoms with Gasteiger partial charge in [-0.05, 0) is 44.0 Å². The lowest BCUT2D eigenvalue weighted by Crippen LogP contribution is -2.24. The summed E-state index contributed by atoms with van der Waals surface area (Å²) in [6.45, 7) is 7.38. The van der Waals surface area contributed by atoms with Crippen LogP contribution in [-0.4, -0.2) is 16.5 Å².